The van der Waals surface area contributed by atoms with Gasteiger partial charge < -0.3 is 25.5 Å². The van der Waals surface area contributed by atoms with Gasteiger partial charge in [0.05, 0.1) is 0 Å². The number of likely N-dealkylation sites (N-methyl/N-ethyl adjacent to an activating group) is 3. The Morgan fingerprint density at radius 2 is 1.44 bits per heavy atom. The summed E-state index contributed by atoms with van der Waals surface area (Å²) in [5.41, 5.74) is 1.65. The minimum Gasteiger partial charge on any atom is -0.465 e. The molecule has 0 spiro atoms. The monoisotopic (exact) mass is 586 g/mol. The molecule has 3 N–H and O–H groups in total. The summed E-state index contributed by atoms with van der Waals surface area (Å²) >= 11 is 0. The van der Waals surface area contributed by atoms with Crippen LogP contribution in [0.5, 0.6) is 0 Å². The van der Waals surface area contributed by atoms with Crippen LogP contribution in [0.4, 0.5) is 4.79 Å². The topological polar surface area (TPSA) is 119 Å². The summed E-state index contributed by atoms with van der Waals surface area (Å²) in [5.74, 6) is -1.06. The van der Waals surface area contributed by atoms with E-state index in [-0.39, 0.29) is 18.2 Å². The van der Waals surface area contributed by atoms with Crippen LogP contribution in [0.3, 0.4) is 0 Å². The zero-order valence-corrected chi connectivity index (χ0v) is 25.8. The van der Waals surface area contributed by atoms with Crippen LogP contribution >= 0.6 is 0 Å². The molecule has 0 saturated heterocycles. The second-order valence-electron chi connectivity index (χ2n) is 11.6. The van der Waals surface area contributed by atoms with Gasteiger partial charge in [-0.05, 0) is 49.1 Å². The van der Waals surface area contributed by atoms with Gasteiger partial charge >= 0.3 is 6.09 Å². The first-order valence-electron chi connectivity index (χ1n) is 14.3. The number of rotatable bonds is 12. The van der Waals surface area contributed by atoms with Crippen LogP contribution in [-0.4, -0.2) is 77.5 Å². The van der Waals surface area contributed by atoms with Crippen molar-refractivity contribution in [2.45, 2.75) is 57.7 Å². The van der Waals surface area contributed by atoms with Crippen molar-refractivity contribution in [1.29, 1.82) is 0 Å². The Hall–Kier alpha value is -4.66. The van der Waals surface area contributed by atoms with Crippen LogP contribution in [0.2, 0.25) is 0 Å². The molecule has 0 aromatic heterocycles. The average Bonchev–Trinajstić information content (AvgIpc) is 2.96. The van der Waals surface area contributed by atoms with Crippen LogP contribution < -0.4 is 10.6 Å². The summed E-state index contributed by atoms with van der Waals surface area (Å²) in [6.07, 6.45) is 1.14. The number of carbonyl (C=O) groups is 4. The number of nitrogens with zero attached hydrogens (tertiary/aromatic N) is 2. The van der Waals surface area contributed by atoms with Crippen molar-refractivity contribution in [3.63, 3.8) is 0 Å². The number of benzene rings is 3. The van der Waals surface area contributed by atoms with Gasteiger partial charge in [-0.1, -0.05) is 78.4 Å². The van der Waals surface area contributed by atoms with Gasteiger partial charge in [0.1, 0.15) is 12.1 Å². The summed E-state index contributed by atoms with van der Waals surface area (Å²) in [6.45, 7) is 5.23. The van der Waals surface area contributed by atoms with Crippen molar-refractivity contribution in [3.05, 3.63) is 95.6 Å². The molecule has 0 aliphatic carbocycles. The molecule has 3 aromatic rings. The molecule has 9 heteroatoms. The minimum atomic E-state index is -1.15. The molecule has 9 nitrogen and oxygen atoms in total. The maximum Gasteiger partial charge on any atom is 0.405 e. The highest BCUT2D eigenvalue weighted by molar-refractivity contribution is 5.95. The Bertz CT molecular complexity index is 1480. The van der Waals surface area contributed by atoms with E-state index >= 15 is 0 Å². The Morgan fingerprint density at radius 3 is 2.07 bits per heavy atom. The van der Waals surface area contributed by atoms with E-state index in [4.69, 9.17) is 5.11 Å². The third kappa shape index (κ3) is 9.16. The summed E-state index contributed by atoms with van der Waals surface area (Å²) in [7, 11) is 4.71. The van der Waals surface area contributed by atoms with Gasteiger partial charge in [0.15, 0.2) is 0 Å². The third-order valence-electron chi connectivity index (χ3n) is 7.52. The molecule has 0 saturated carbocycles. The molecule has 2 atom stereocenters. The number of hydrogen-bond acceptors (Lipinski definition) is 4. The van der Waals surface area contributed by atoms with Crippen LogP contribution in [0.15, 0.2) is 84.4 Å². The van der Waals surface area contributed by atoms with Crippen LogP contribution in [0.1, 0.15) is 38.3 Å². The molecule has 0 heterocycles. The largest absolute Gasteiger partial charge is 0.465 e. The molecule has 0 radical (unpaired) electrons. The van der Waals surface area contributed by atoms with Crippen molar-refractivity contribution in [2.24, 2.45) is 0 Å². The van der Waals surface area contributed by atoms with Gasteiger partial charge in [-0.3, -0.25) is 14.4 Å². The summed E-state index contributed by atoms with van der Waals surface area (Å²) < 4.78 is 0. The lowest BCUT2D eigenvalue weighted by Crippen LogP contribution is -2.55. The van der Waals surface area contributed by atoms with Crippen molar-refractivity contribution < 1.29 is 24.3 Å². The predicted octanol–water partition coefficient (Wildman–Crippen LogP) is 4.41. The van der Waals surface area contributed by atoms with Gasteiger partial charge in [-0.2, -0.15) is 0 Å². The smallest absolute Gasteiger partial charge is 0.405 e. The van der Waals surface area contributed by atoms with Crippen molar-refractivity contribution in [1.82, 2.24) is 20.4 Å². The van der Waals surface area contributed by atoms with Crippen LogP contribution in [-0.2, 0) is 27.2 Å². The third-order valence-corrected chi connectivity index (χ3v) is 7.52. The number of hydrogen-bond donors (Lipinski definition) is 3. The quantitative estimate of drug-likeness (QED) is 0.272. The Labute approximate surface area is 253 Å². The van der Waals surface area contributed by atoms with Crippen molar-refractivity contribution >= 4 is 34.6 Å². The van der Waals surface area contributed by atoms with Crippen molar-refractivity contribution in [2.75, 3.05) is 21.1 Å². The molecular formula is C34H42N4O5. The number of fused-ring (bicyclic) bond motifs is 1. The molecule has 0 bridgehead atoms. The second-order valence-corrected chi connectivity index (χ2v) is 11.6. The van der Waals surface area contributed by atoms with E-state index in [0.717, 1.165) is 21.9 Å². The van der Waals surface area contributed by atoms with Gasteiger partial charge in [0.2, 0.25) is 17.7 Å². The van der Waals surface area contributed by atoms with E-state index in [2.05, 4.69) is 10.6 Å². The van der Waals surface area contributed by atoms with Gasteiger partial charge in [0.25, 0.3) is 0 Å². The van der Waals surface area contributed by atoms with Gasteiger partial charge in [-0.15, -0.1) is 0 Å². The fourth-order valence-electron chi connectivity index (χ4n) is 5.33. The molecule has 4 amide bonds. The highest BCUT2D eigenvalue weighted by Gasteiger charge is 2.34. The molecule has 43 heavy (non-hydrogen) atoms. The normalized spacial score (nSPS) is 13.1. The van der Waals surface area contributed by atoms with E-state index in [1.165, 1.54) is 22.9 Å². The first-order valence-corrected chi connectivity index (χ1v) is 14.3. The molecular weight excluding hydrogens is 544 g/mol. The van der Waals surface area contributed by atoms with E-state index in [1.807, 2.05) is 72.8 Å². The predicted molar refractivity (Wildman–Crippen MR) is 169 cm³/mol. The first-order chi connectivity index (χ1) is 20.3. The molecule has 3 rings (SSSR count). The fourth-order valence-corrected chi connectivity index (χ4v) is 5.33. The summed E-state index contributed by atoms with van der Waals surface area (Å²) in [4.78, 5) is 54.8. The maximum atomic E-state index is 14.2. The zero-order valence-electron chi connectivity index (χ0n) is 25.8. The maximum absolute atomic E-state index is 14.2. The SMILES string of the molecule is CNC(=O)[C@@H](Cc1ccccc1)N(C)C(=O)[C@@H](Cc1ccc2ccccc2c1)N(C)C(=O)/C=C(\C)CC(C)(C)NC(=O)O. The van der Waals surface area contributed by atoms with Gasteiger partial charge in [0, 0.05) is 45.6 Å². The van der Waals surface area contributed by atoms with Crippen LogP contribution in [0, 0.1) is 0 Å². The Kier molecular flexibility index (Phi) is 11.1. The Balaban J connectivity index is 1.95. The average molecular weight is 587 g/mol. The molecule has 3 aromatic carbocycles. The molecule has 228 valence electrons. The number of amides is 4. The summed E-state index contributed by atoms with van der Waals surface area (Å²) in [5, 5.41) is 16.4. The number of nitrogens with one attached hydrogen (secondary N) is 2. The lowest BCUT2D eigenvalue weighted by Gasteiger charge is -2.34. The molecule has 0 aliphatic heterocycles. The first kappa shape index (κ1) is 32.8. The molecule has 0 aliphatic rings. The van der Waals surface area contributed by atoms with Crippen molar-refractivity contribution in [3.8, 4) is 0 Å². The van der Waals surface area contributed by atoms with E-state index in [1.54, 1.807) is 34.9 Å². The molecule has 0 unspecified atom stereocenters. The highest BCUT2D eigenvalue weighted by Crippen LogP contribution is 2.21. The van der Waals surface area contributed by atoms with Gasteiger partial charge in [-0.25, -0.2) is 4.79 Å². The second kappa shape index (κ2) is 14.5. The molecule has 0 fully saturated rings. The minimum absolute atomic E-state index is 0.237. The lowest BCUT2D eigenvalue weighted by atomic mass is 9.95. The lowest BCUT2D eigenvalue weighted by molar-refractivity contribution is -0.146. The van der Waals surface area contributed by atoms with E-state index < -0.39 is 29.6 Å². The van der Waals surface area contributed by atoms with Crippen LogP contribution in [0.25, 0.3) is 10.8 Å². The standard InChI is InChI=1S/C34H42N4O5/c1-23(22-34(2,3)36-33(42)43)18-30(39)37(5)29(21-25-16-17-26-14-10-11-15-27(26)19-25)32(41)38(6)28(31(40)35-4)20-24-12-8-7-9-13-24/h7-19,28-29,36H,20-22H2,1-6H3,(H,35,40)(H,42,43)/b23-18+/t28-,29-/m1/s1. The Morgan fingerprint density at radius 1 is 0.837 bits per heavy atom. The summed E-state index contributed by atoms with van der Waals surface area (Å²) in [6, 6.07) is 21.6. The van der Waals surface area contributed by atoms with E-state index in [9.17, 15) is 19.2 Å². The highest BCUT2D eigenvalue weighted by atomic mass is 16.4. The number of carboxylic acid groups (broad SMARTS) is 1. The zero-order chi connectivity index (χ0) is 31.7. The number of carbonyl (C=O) groups excluding carboxylic acids is 3. The fraction of sp³-hybridized carbons (Fsp3) is 0.353. The van der Waals surface area contributed by atoms with E-state index in [0.29, 0.717) is 18.4 Å².